The van der Waals surface area contributed by atoms with Crippen molar-refractivity contribution in [1.29, 1.82) is 0 Å². The van der Waals surface area contributed by atoms with Gasteiger partial charge in [0.2, 0.25) is 5.89 Å². The molecule has 3 aromatic carbocycles. The molecule has 2 nitrogen and oxygen atoms in total. The van der Waals surface area contributed by atoms with Gasteiger partial charge in [-0.2, -0.15) is 0 Å². The summed E-state index contributed by atoms with van der Waals surface area (Å²) in [6, 6.07) is 22.3. The average Bonchev–Trinajstić information content (AvgIpc) is 2.93. The topological polar surface area (TPSA) is 26.0 Å². The second-order valence-corrected chi connectivity index (χ2v) is 4.52. The molecule has 0 N–H and O–H groups in total. The standard InChI is InChI=1S/C17H11NO/c1-2-7-13(8-3-1)17-18-15-11-10-12-6-4-5-9-14(12)16(15)19-17/h1-11H. The van der Waals surface area contributed by atoms with Crippen LogP contribution in [0.2, 0.25) is 0 Å². The first kappa shape index (κ1) is 10.3. The quantitative estimate of drug-likeness (QED) is 0.488. The lowest BCUT2D eigenvalue weighted by molar-refractivity contribution is 0.623. The van der Waals surface area contributed by atoms with Crippen molar-refractivity contribution in [2.45, 2.75) is 0 Å². The van der Waals surface area contributed by atoms with E-state index in [4.69, 9.17) is 4.42 Å². The first-order valence-electron chi connectivity index (χ1n) is 6.25. The minimum atomic E-state index is 0.673. The number of hydrogen-bond donors (Lipinski definition) is 0. The Bertz CT molecular complexity index is 862. The Hall–Kier alpha value is -2.61. The monoisotopic (exact) mass is 245 g/mol. The summed E-state index contributed by atoms with van der Waals surface area (Å²) in [5.74, 6) is 0.673. The summed E-state index contributed by atoms with van der Waals surface area (Å²) < 4.78 is 5.96. The number of benzene rings is 3. The van der Waals surface area contributed by atoms with Gasteiger partial charge in [0.15, 0.2) is 5.58 Å². The molecule has 0 unspecified atom stereocenters. The Labute approximate surface area is 110 Å². The van der Waals surface area contributed by atoms with Crippen molar-refractivity contribution in [1.82, 2.24) is 4.98 Å². The van der Waals surface area contributed by atoms with Gasteiger partial charge in [0, 0.05) is 10.9 Å². The van der Waals surface area contributed by atoms with E-state index in [1.807, 2.05) is 48.5 Å². The van der Waals surface area contributed by atoms with Gasteiger partial charge in [-0.3, -0.25) is 0 Å². The van der Waals surface area contributed by atoms with E-state index in [0.717, 1.165) is 22.0 Å². The zero-order chi connectivity index (χ0) is 12.7. The van der Waals surface area contributed by atoms with E-state index < -0.39 is 0 Å². The smallest absolute Gasteiger partial charge is 0.227 e. The molecule has 0 aliphatic carbocycles. The van der Waals surface area contributed by atoms with Gasteiger partial charge in [-0.1, -0.05) is 48.5 Å². The highest BCUT2D eigenvalue weighted by atomic mass is 16.3. The van der Waals surface area contributed by atoms with Gasteiger partial charge in [0.05, 0.1) is 0 Å². The first-order valence-corrected chi connectivity index (χ1v) is 6.25. The lowest BCUT2D eigenvalue weighted by Crippen LogP contribution is -1.74. The minimum Gasteiger partial charge on any atom is -0.435 e. The van der Waals surface area contributed by atoms with Crippen LogP contribution in [0.4, 0.5) is 0 Å². The van der Waals surface area contributed by atoms with Gasteiger partial charge in [-0.25, -0.2) is 4.98 Å². The van der Waals surface area contributed by atoms with Crippen LogP contribution in [-0.4, -0.2) is 4.98 Å². The second kappa shape index (κ2) is 3.95. The Kier molecular flexibility index (Phi) is 2.15. The highest BCUT2D eigenvalue weighted by Crippen LogP contribution is 2.29. The van der Waals surface area contributed by atoms with Gasteiger partial charge < -0.3 is 4.42 Å². The number of rotatable bonds is 1. The summed E-state index contributed by atoms with van der Waals surface area (Å²) in [6.45, 7) is 0. The van der Waals surface area contributed by atoms with Crippen molar-refractivity contribution >= 4 is 21.9 Å². The van der Waals surface area contributed by atoms with Crippen molar-refractivity contribution in [3.8, 4) is 11.5 Å². The highest BCUT2D eigenvalue weighted by molar-refractivity contribution is 6.03. The lowest BCUT2D eigenvalue weighted by Gasteiger charge is -1.96. The fourth-order valence-corrected chi connectivity index (χ4v) is 2.36. The van der Waals surface area contributed by atoms with Crippen LogP contribution in [0.25, 0.3) is 33.3 Å². The Morgan fingerprint density at radius 2 is 1.53 bits per heavy atom. The van der Waals surface area contributed by atoms with Crippen molar-refractivity contribution in [3.63, 3.8) is 0 Å². The van der Waals surface area contributed by atoms with E-state index in [1.54, 1.807) is 0 Å². The van der Waals surface area contributed by atoms with Crippen LogP contribution < -0.4 is 0 Å². The molecule has 1 aromatic heterocycles. The number of oxazole rings is 1. The van der Waals surface area contributed by atoms with Gasteiger partial charge in [-0.15, -0.1) is 0 Å². The third kappa shape index (κ3) is 1.61. The summed E-state index contributed by atoms with van der Waals surface area (Å²) in [7, 11) is 0. The SMILES string of the molecule is c1ccc(-c2nc3ccc4ccccc4c3o2)cc1. The highest BCUT2D eigenvalue weighted by Gasteiger charge is 2.10. The zero-order valence-electron chi connectivity index (χ0n) is 10.2. The molecule has 0 radical (unpaired) electrons. The molecule has 0 bridgehead atoms. The van der Waals surface area contributed by atoms with Crippen LogP contribution >= 0.6 is 0 Å². The van der Waals surface area contributed by atoms with Gasteiger partial charge in [0.25, 0.3) is 0 Å². The molecule has 0 aliphatic heterocycles. The molecule has 0 fully saturated rings. The van der Waals surface area contributed by atoms with Gasteiger partial charge >= 0.3 is 0 Å². The molecule has 4 rings (SSSR count). The largest absolute Gasteiger partial charge is 0.435 e. The van der Waals surface area contributed by atoms with E-state index in [1.165, 1.54) is 5.39 Å². The molecule has 1 heterocycles. The van der Waals surface area contributed by atoms with E-state index in [0.29, 0.717) is 5.89 Å². The van der Waals surface area contributed by atoms with E-state index in [-0.39, 0.29) is 0 Å². The minimum absolute atomic E-state index is 0.673. The maximum absolute atomic E-state index is 5.96. The molecule has 90 valence electrons. The predicted octanol–water partition coefficient (Wildman–Crippen LogP) is 4.65. The Balaban J connectivity index is 2.04. The Morgan fingerprint density at radius 3 is 2.42 bits per heavy atom. The second-order valence-electron chi connectivity index (χ2n) is 4.52. The van der Waals surface area contributed by atoms with Gasteiger partial charge in [-0.05, 0) is 23.6 Å². The number of aromatic nitrogens is 1. The van der Waals surface area contributed by atoms with Gasteiger partial charge in [0.1, 0.15) is 5.52 Å². The van der Waals surface area contributed by atoms with E-state index in [2.05, 4.69) is 23.2 Å². The predicted molar refractivity (Wildman–Crippen MR) is 77.0 cm³/mol. The molecule has 0 saturated carbocycles. The van der Waals surface area contributed by atoms with Crippen LogP contribution in [0.5, 0.6) is 0 Å². The summed E-state index contributed by atoms with van der Waals surface area (Å²) in [4.78, 5) is 4.57. The molecule has 0 atom stereocenters. The summed E-state index contributed by atoms with van der Waals surface area (Å²) in [5, 5.41) is 2.28. The van der Waals surface area contributed by atoms with Crippen molar-refractivity contribution in [2.75, 3.05) is 0 Å². The van der Waals surface area contributed by atoms with Crippen LogP contribution in [0.15, 0.2) is 71.1 Å². The summed E-state index contributed by atoms with van der Waals surface area (Å²) >= 11 is 0. The molecule has 4 aromatic rings. The van der Waals surface area contributed by atoms with Crippen molar-refractivity contribution in [2.24, 2.45) is 0 Å². The molecule has 0 spiro atoms. The molecule has 0 aliphatic rings. The normalized spacial score (nSPS) is 11.2. The maximum Gasteiger partial charge on any atom is 0.227 e. The van der Waals surface area contributed by atoms with Crippen molar-refractivity contribution < 1.29 is 4.42 Å². The first-order chi connectivity index (χ1) is 9.42. The fourth-order valence-electron chi connectivity index (χ4n) is 2.36. The molecule has 2 heteroatoms. The molecular formula is C17H11NO. The molecule has 0 saturated heterocycles. The molecule has 19 heavy (non-hydrogen) atoms. The van der Waals surface area contributed by atoms with E-state index >= 15 is 0 Å². The summed E-state index contributed by atoms with van der Waals surface area (Å²) in [5.41, 5.74) is 2.76. The zero-order valence-corrected chi connectivity index (χ0v) is 10.2. The van der Waals surface area contributed by atoms with Crippen LogP contribution in [0, 0.1) is 0 Å². The molecular weight excluding hydrogens is 234 g/mol. The van der Waals surface area contributed by atoms with Crippen LogP contribution in [0.1, 0.15) is 0 Å². The Morgan fingerprint density at radius 1 is 0.737 bits per heavy atom. The third-order valence-corrected chi connectivity index (χ3v) is 3.30. The number of nitrogens with zero attached hydrogens (tertiary/aromatic N) is 1. The van der Waals surface area contributed by atoms with Crippen LogP contribution in [-0.2, 0) is 0 Å². The van der Waals surface area contributed by atoms with E-state index in [9.17, 15) is 0 Å². The number of fused-ring (bicyclic) bond motifs is 3. The van der Waals surface area contributed by atoms with Crippen molar-refractivity contribution in [3.05, 3.63) is 66.7 Å². The maximum atomic E-state index is 5.96. The fraction of sp³-hybridized carbons (Fsp3) is 0. The molecule has 0 amide bonds. The third-order valence-electron chi connectivity index (χ3n) is 3.30. The summed E-state index contributed by atoms with van der Waals surface area (Å²) in [6.07, 6.45) is 0. The number of hydrogen-bond acceptors (Lipinski definition) is 2. The lowest BCUT2D eigenvalue weighted by atomic mass is 10.1. The average molecular weight is 245 g/mol. The van der Waals surface area contributed by atoms with Crippen LogP contribution in [0.3, 0.4) is 0 Å².